The minimum absolute atomic E-state index is 0.174. The summed E-state index contributed by atoms with van der Waals surface area (Å²) in [5, 5.41) is 0. The Morgan fingerprint density at radius 1 is 1.31 bits per heavy atom. The maximum atomic E-state index is 12.4. The maximum absolute atomic E-state index is 12.4. The van der Waals surface area contributed by atoms with Gasteiger partial charge in [0.15, 0.2) is 0 Å². The number of nitrogens with two attached hydrogens (primary N) is 1. The van der Waals surface area contributed by atoms with Gasteiger partial charge in [0.05, 0.1) is 5.56 Å². The lowest BCUT2D eigenvalue weighted by molar-refractivity contribution is -0.137. The Labute approximate surface area is 92.5 Å². The molecule has 0 amide bonds. The monoisotopic (exact) mass is 229 g/mol. The summed E-state index contributed by atoms with van der Waals surface area (Å²) in [6, 6.07) is 3.65. The van der Waals surface area contributed by atoms with Gasteiger partial charge in [-0.1, -0.05) is 19.9 Å². The van der Waals surface area contributed by atoms with Gasteiger partial charge in [-0.15, -0.1) is 0 Å². The molecule has 0 radical (unpaired) electrons. The summed E-state index contributed by atoms with van der Waals surface area (Å²) < 4.78 is 37.2. The van der Waals surface area contributed by atoms with E-state index in [-0.39, 0.29) is 11.1 Å². The maximum Gasteiger partial charge on any atom is 0.416 e. The molecular formula is C12H14F3N. The van der Waals surface area contributed by atoms with Gasteiger partial charge in [-0.25, -0.2) is 0 Å². The molecule has 2 rings (SSSR count). The van der Waals surface area contributed by atoms with Crippen LogP contribution in [-0.4, -0.2) is 0 Å². The average Bonchev–Trinajstić information content (AvgIpc) is 2.73. The smallest absolute Gasteiger partial charge is 0.398 e. The van der Waals surface area contributed by atoms with Gasteiger partial charge in [-0.05, 0) is 35.4 Å². The lowest BCUT2D eigenvalue weighted by atomic mass is 10.00. The van der Waals surface area contributed by atoms with Gasteiger partial charge in [0.25, 0.3) is 0 Å². The number of nitrogen functional groups attached to an aromatic ring is 1. The van der Waals surface area contributed by atoms with Crippen molar-refractivity contribution in [3.8, 4) is 0 Å². The van der Waals surface area contributed by atoms with Crippen molar-refractivity contribution in [3.63, 3.8) is 0 Å². The van der Waals surface area contributed by atoms with Gasteiger partial charge >= 0.3 is 6.18 Å². The summed E-state index contributed by atoms with van der Waals surface area (Å²) in [6.07, 6.45) is -3.33. The molecule has 2 N–H and O–H groups in total. The first-order valence-electron chi connectivity index (χ1n) is 5.18. The zero-order chi connectivity index (χ0) is 12.1. The number of halogens is 3. The first-order valence-corrected chi connectivity index (χ1v) is 5.18. The number of alkyl halides is 3. The molecule has 16 heavy (non-hydrogen) atoms. The van der Waals surface area contributed by atoms with E-state index in [4.69, 9.17) is 5.73 Å². The van der Waals surface area contributed by atoms with Crippen LogP contribution >= 0.6 is 0 Å². The highest BCUT2D eigenvalue weighted by Gasteiger charge is 2.47. The molecule has 1 aromatic carbocycles. The van der Waals surface area contributed by atoms with Gasteiger partial charge in [0.1, 0.15) is 0 Å². The molecule has 0 spiro atoms. The minimum atomic E-state index is -4.31. The normalized spacial score (nSPS) is 23.2. The molecule has 0 aliphatic heterocycles. The molecule has 1 nitrogen and oxygen atoms in total. The highest BCUT2D eigenvalue weighted by atomic mass is 19.4. The van der Waals surface area contributed by atoms with Crippen molar-refractivity contribution in [1.82, 2.24) is 0 Å². The van der Waals surface area contributed by atoms with E-state index in [0.717, 1.165) is 24.1 Å². The quantitative estimate of drug-likeness (QED) is 0.728. The van der Waals surface area contributed by atoms with Crippen molar-refractivity contribution in [2.75, 3.05) is 5.73 Å². The Bertz CT molecular complexity index is 421. The molecule has 88 valence electrons. The summed E-state index contributed by atoms with van der Waals surface area (Å²) in [6.45, 7) is 4.18. The number of hydrogen-bond donors (Lipinski definition) is 1. The zero-order valence-electron chi connectivity index (χ0n) is 9.23. The van der Waals surface area contributed by atoms with E-state index in [1.54, 1.807) is 0 Å². The topological polar surface area (TPSA) is 26.0 Å². The standard InChI is InChI=1S/C12H14F3N/c1-11(2)6-9(11)8-4-3-7(5-10(8)16)12(13,14)15/h3-5,9H,6,16H2,1-2H3. The SMILES string of the molecule is CC1(C)CC1c1ccc(C(F)(F)F)cc1N. The molecule has 1 aliphatic carbocycles. The Hall–Kier alpha value is -1.19. The molecule has 0 bridgehead atoms. The second-order valence-electron chi connectivity index (χ2n) is 5.09. The van der Waals surface area contributed by atoms with E-state index >= 15 is 0 Å². The second kappa shape index (κ2) is 3.15. The first-order chi connectivity index (χ1) is 7.22. The van der Waals surface area contributed by atoms with Crippen LogP contribution in [0.15, 0.2) is 18.2 Å². The summed E-state index contributed by atoms with van der Waals surface area (Å²) in [5.41, 5.74) is 6.28. The van der Waals surface area contributed by atoms with Crippen LogP contribution in [0.3, 0.4) is 0 Å². The summed E-state index contributed by atoms with van der Waals surface area (Å²) >= 11 is 0. The molecule has 4 heteroatoms. The molecule has 0 heterocycles. The summed E-state index contributed by atoms with van der Waals surface area (Å²) in [4.78, 5) is 0. The van der Waals surface area contributed by atoms with Crippen LogP contribution in [0.25, 0.3) is 0 Å². The predicted octanol–water partition coefficient (Wildman–Crippen LogP) is 3.80. The molecular weight excluding hydrogens is 215 g/mol. The van der Waals surface area contributed by atoms with Crippen molar-refractivity contribution in [2.24, 2.45) is 5.41 Å². The molecule has 1 fully saturated rings. The van der Waals surface area contributed by atoms with Crippen LogP contribution in [0.2, 0.25) is 0 Å². The third-order valence-electron chi connectivity index (χ3n) is 3.30. The minimum Gasteiger partial charge on any atom is -0.398 e. The van der Waals surface area contributed by atoms with Gasteiger partial charge in [0, 0.05) is 5.69 Å². The van der Waals surface area contributed by atoms with Crippen LogP contribution in [0, 0.1) is 5.41 Å². The molecule has 0 aromatic heterocycles. The second-order valence-corrected chi connectivity index (χ2v) is 5.09. The van der Waals surface area contributed by atoms with Crippen LogP contribution in [0.4, 0.5) is 18.9 Å². The van der Waals surface area contributed by atoms with Crippen molar-refractivity contribution >= 4 is 5.69 Å². The van der Waals surface area contributed by atoms with Gasteiger partial charge in [-0.2, -0.15) is 13.2 Å². The van der Waals surface area contributed by atoms with Crippen LogP contribution in [0.5, 0.6) is 0 Å². The fraction of sp³-hybridized carbons (Fsp3) is 0.500. The molecule has 1 unspecified atom stereocenters. The lowest BCUT2D eigenvalue weighted by Gasteiger charge is -2.11. The summed E-state index contributed by atoms with van der Waals surface area (Å²) in [5.74, 6) is 0.301. The number of benzene rings is 1. The fourth-order valence-corrected chi connectivity index (χ4v) is 2.07. The van der Waals surface area contributed by atoms with Crippen molar-refractivity contribution in [3.05, 3.63) is 29.3 Å². The highest BCUT2D eigenvalue weighted by Crippen LogP contribution is 2.59. The first kappa shape index (κ1) is 11.3. The van der Waals surface area contributed by atoms with Crippen LogP contribution in [0.1, 0.15) is 37.3 Å². The highest BCUT2D eigenvalue weighted by molar-refractivity contribution is 5.54. The van der Waals surface area contributed by atoms with E-state index in [1.165, 1.54) is 6.07 Å². The van der Waals surface area contributed by atoms with Gasteiger partial charge < -0.3 is 5.73 Å². The Kier molecular flexibility index (Phi) is 2.23. The van der Waals surface area contributed by atoms with E-state index in [2.05, 4.69) is 13.8 Å². The van der Waals surface area contributed by atoms with Crippen LogP contribution < -0.4 is 5.73 Å². The van der Waals surface area contributed by atoms with Gasteiger partial charge in [-0.3, -0.25) is 0 Å². The molecule has 1 atom stereocenters. The zero-order valence-corrected chi connectivity index (χ0v) is 9.23. The molecule has 1 saturated carbocycles. The van der Waals surface area contributed by atoms with E-state index in [1.807, 2.05) is 0 Å². The van der Waals surface area contributed by atoms with E-state index in [9.17, 15) is 13.2 Å². The predicted molar refractivity (Wildman–Crippen MR) is 57.0 cm³/mol. The Morgan fingerprint density at radius 3 is 2.25 bits per heavy atom. The number of anilines is 1. The van der Waals surface area contributed by atoms with Crippen molar-refractivity contribution in [1.29, 1.82) is 0 Å². The van der Waals surface area contributed by atoms with Crippen molar-refractivity contribution in [2.45, 2.75) is 32.4 Å². The Morgan fingerprint density at radius 2 is 1.88 bits per heavy atom. The lowest BCUT2D eigenvalue weighted by Crippen LogP contribution is -2.07. The Balaban J connectivity index is 2.32. The molecule has 1 aromatic rings. The summed E-state index contributed by atoms with van der Waals surface area (Å²) in [7, 11) is 0. The van der Waals surface area contributed by atoms with Crippen molar-refractivity contribution < 1.29 is 13.2 Å². The average molecular weight is 229 g/mol. The third-order valence-corrected chi connectivity index (χ3v) is 3.30. The van der Waals surface area contributed by atoms with E-state index in [0.29, 0.717) is 5.92 Å². The fourth-order valence-electron chi connectivity index (χ4n) is 2.07. The number of rotatable bonds is 1. The molecule has 1 aliphatic rings. The third kappa shape index (κ3) is 1.88. The number of hydrogen-bond acceptors (Lipinski definition) is 1. The van der Waals surface area contributed by atoms with Gasteiger partial charge in [0.2, 0.25) is 0 Å². The van der Waals surface area contributed by atoms with E-state index < -0.39 is 11.7 Å². The van der Waals surface area contributed by atoms with Crippen LogP contribution in [-0.2, 0) is 6.18 Å². The molecule has 0 saturated heterocycles. The largest absolute Gasteiger partial charge is 0.416 e.